The first-order valence-corrected chi connectivity index (χ1v) is 8.17. The lowest BCUT2D eigenvalue weighted by Crippen LogP contribution is -2.31. The van der Waals surface area contributed by atoms with Gasteiger partial charge in [-0.3, -0.25) is 0 Å². The molecule has 4 N–H and O–H groups in total. The fourth-order valence-corrected chi connectivity index (χ4v) is 2.99. The maximum atomic E-state index is 12.4. The average molecular weight is 333 g/mol. The van der Waals surface area contributed by atoms with E-state index in [9.17, 15) is 9.00 Å². The number of hydrogen-bond donors (Lipinski definition) is 3. The van der Waals surface area contributed by atoms with Crippen LogP contribution in [0.4, 0.5) is 16.2 Å². The summed E-state index contributed by atoms with van der Waals surface area (Å²) < 4.78 is 17.3. The molecule has 2 rings (SSSR count). The second-order valence-electron chi connectivity index (χ2n) is 4.70. The minimum absolute atomic E-state index is 0.355. The van der Waals surface area contributed by atoms with E-state index >= 15 is 0 Å². The Morgan fingerprint density at radius 2 is 1.91 bits per heavy atom. The molecular weight excluding hydrogens is 314 g/mol. The van der Waals surface area contributed by atoms with Crippen molar-refractivity contribution in [2.24, 2.45) is 0 Å². The van der Waals surface area contributed by atoms with Crippen LogP contribution in [0.15, 0.2) is 58.3 Å². The van der Waals surface area contributed by atoms with Crippen LogP contribution in [0, 0.1) is 0 Å². The van der Waals surface area contributed by atoms with E-state index in [4.69, 9.17) is 10.5 Å². The molecule has 23 heavy (non-hydrogen) atoms. The maximum Gasteiger partial charge on any atom is 0.319 e. The molecule has 0 aliphatic carbocycles. The highest BCUT2D eigenvalue weighted by Crippen LogP contribution is 2.24. The topological polar surface area (TPSA) is 93.5 Å². The molecular formula is C16H19N3O3S. The standard InChI is InChI=1S/C16H19N3O3S/c1-22-10-9-18-16(20)19-15-8-7-13(11-14(15)17)23(21)12-5-3-2-4-6-12/h2-8,11H,9-10,17H2,1H3,(H2,18,19,20). The zero-order valence-electron chi connectivity index (χ0n) is 12.7. The van der Waals surface area contributed by atoms with Gasteiger partial charge in [0, 0.05) is 23.4 Å². The number of carbonyl (C=O) groups excluding carboxylic acids is 1. The van der Waals surface area contributed by atoms with E-state index in [2.05, 4.69) is 10.6 Å². The number of nitrogens with one attached hydrogen (secondary N) is 2. The molecule has 0 spiro atoms. The number of rotatable bonds is 6. The summed E-state index contributed by atoms with van der Waals surface area (Å²) >= 11 is 0. The van der Waals surface area contributed by atoms with E-state index in [0.29, 0.717) is 34.3 Å². The Morgan fingerprint density at radius 3 is 2.57 bits per heavy atom. The third kappa shape index (κ3) is 4.80. The third-order valence-corrected chi connectivity index (χ3v) is 4.42. The van der Waals surface area contributed by atoms with E-state index in [0.717, 1.165) is 0 Å². The van der Waals surface area contributed by atoms with Crippen molar-refractivity contribution in [1.82, 2.24) is 5.32 Å². The van der Waals surface area contributed by atoms with Crippen molar-refractivity contribution in [3.8, 4) is 0 Å². The molecule has 2 amide bonds. The van der Waals surface area contributed by atoms with Gasteiger partial charge >= 0.3 is 6.03 Å². The highest BCUT2D eigenvalue weighted by molar-refractivity contribution is 7.85. The molecule has 0 saturated carbocycles. The highest BCUT2D eigenvalue weighted by Gasteiger charge is 2.10. The van der Waals surface area contributed by atoms with Crippen LogP contribution in [0.25, 0.3) is 0 Å². The van der Waals surface area contributed by atoms with Gasteiger partial charge in [-0.25, -0.2) is 9.00 Å². The normalized spacial score (nSPS) is 11.7. The number of anilines is 2. The Hall–Kier alpha value is -2.38. The molecule has 6 nitrogen and oxygen atoms in total. The van der Waals surface area contributed by atoms with Crippen LogP contribution in [0.5, 0.6) is 0 Å². The summed E-state index contributed by atoms with van der Waals surface area (Å²) in [6.45, 7) is 0.830. The van der Waals surface area contributed by atoms with Crippen LogP contribution in [-0.4, -0.2) is 30.5 Å². The summed E-state index contributed by atoms with van der Waals surface area (Å²) in [5.74, 6) is 0. The van der Waals surface area contributed by atoms with Crippen molar-refractivity contribution < 1.29 is 13.7 Å². The summed E-state index contributed by atoms with van der Waals surface area (Å²) in [7, 11) is 0.250. The van der Waals surface area contributed by atoms with E-state index in [1.54, 1.807) is 37.4 Å². The SMILES string of the molecule is COCCNC(=O)Nc1ccc(S(=O)c2ccccc2)cc1N. The number of ether oxygens (including phenoxy) is 1. The summed E-state index contributed by atoms with van der Waals surface area (Å²) in [5.41, 5.74) is 6.76. The molecule has 0 aliphatic rings. The van der Waals surface area contributed by atoms with Gasteiger partial charge in [0.05, 0.1) is 28.8 Å². The smallest absolute Gasteiger partial charge is 0.319 e. The maximum absolute atomic E-state index is 12.4. The van der Waals surface area contributed by atoms with Gasteiger partial charge in [-0.15, -0.1) is 0 Å². The Balaban J connectivity index is 2.06. The second-order valence-corrected chi connectivity index (χ2v) is 6.18. The first-order chi connectivity index (χ1) is 11.1. The van der Waals surface area contributed by atoms with Crippen molar-refractivity contribution in [1.29, 1.82) is 0 Å². The van der Waals surface area contributed by atoms with Gasteiger partial charge in [-0.1, -0.05) is 18.2 Å². The van der Waals surface area contributed by atoms with Gasteiger partial charge in [-0.2, -0.15) is 0 Å². The first-order valence-electron chi connectivity index (χ1n) is 7.02. The molecule has 2 aromatic carbocycles. The molecule has 7 heteroatoms. The molecule has 0 fully saturated rings. The molecule has 0 bridgehead atoms. The van der Waals surface area contributed by atoms with E-state index in [1.165, 1.54) is 0 Å². The Labute approximate surface area is 137 Å². The molecule has 0 aliphatic heterocycles. The fraction of sp³-hybridized carbons (Fsp3) is 0.188. The molecule has 122 valence electrons. The van der Waals surface area contributed by atoms with Gasteiger partial charge in [0.15, 0.2) is 0 Å². The minimum atomic E-state index is -1.31. The zero-order valence-corrected chi connectivity index (χ0v) is 13.6. The van der Waals surface area contributed by atoms with Gasteiger partial charge in [0.1, 0.15) is 0 Å². The lowest BCUT2D eigenvalue weighted by molar-refractivity contribution is 0.198. The largest absolute Gasteiger partial charge is 0.397 e. The van der Waals surface area contributed by atoms with Crippen molar-refractivity contribution >= 4 is 28.2 Å². The Bertz CT molecular complexity index is 692. The van der Waals surface area contributed by atoms with Crippen molar-refractivity contribution in [3.05, 3.63) is 48.5 Å². The number of amides is 2. The average Bonchev–Trinajstić information content (AvgIpc) is 2.57. The highest BCUT2D eigenvalue weighted by atomic mass is 32.2. The van der Waals surface area contributed by atoms with Crippen molar-refractivity contribution in [2.75, 3.05) is 31.3 Å². The van der Waals surface area contributed by atoms with Crippen LogP contribution in [0.2, 0.25) is 0 Å². The number of carbonyl (C=O) groups is 1. The van der Waals surface area contributed by atoms with Crippen molar-refractivity contribution in [3.63, 3.8) is 0 Å². The van der Waals surface area contributed by atoms with E-state index in [-0.39, 0.29) is 6.03 Å². The number of methoxy groups -OCH3 is 1. The molecule has 0 heterocycles. The number of hydrogen-bond acceptors (Lipinski definition) is 4. The molecule has 0 radical (unpaired) electrons. The quantitative estimate of drug-likeness (QED) is 0.558. The van der Waals surface area contributed by atoms with Crippen LogP contribution >= 0.6 is 0 Å². The Morgan fingerprint density at radius 1 is 1.17 bits per heavy atom. The number of nitrogens with two attached hydrogens (primary N) is 1. The summed E-state index contributed by atoms with van der Waals surface area (Å²) in [6.07, 6.45) is 0. The monoisotopic (exact) mass is 333 g/mol. The number of urea groups is 1. The van der Waals surface area contributed by atoms with Crippen LogP contribution < -0.4 is 16.4 Å². The van der Waals surface area contributed by atoms with Crippen LogP contribution in [0.1, 0.15) is 0 Å². The Kier molecular flexibility index (Phi) is 6.13. The molecule has 0 aromatic heterocycles. The van der Waals surface area contributed by atoms with E-state index in [1.807, 2.05) is 18.2 Å². The first kappa shape index (κ1) is 17.0. The molecule has 2 aromatic rings. The summed E-state index contributed by atoms with van der Waals surface area (Å²) in [6, 6.07) is 13.7. The number of benzene rings is 2. The van der Waals surface area contributed by atoms with Gasteiger partial charge < -0.3 is 21.1 Å². The molecule has 1 atom stereocenters. The van der Waals surface area contributed by atoms with Gasteiger partial charge in [0.25, 0.3) is 0 Å². The predicted molar refractivity (Wildman–Crippen MR) is 90.9 cm³/mol. The van der Waals surface area contributed by atoms with Gasteiger partial charge in [0.2, 0.25) is 0 Å². The third-order valence-electron chi connectivity index (χ3n) is 3.03. The lowest BCUT2D eigenvalue weighted by Gasteiger charge is -2.11. The van der Waals surface area contributed by atoms with E-state index < -0.39 is 10.8 Å². The second kappa shape index (κ2) is 8.30. The van der Waals surface area contributed by atoms with Crippen LogP contribution in [-0.2, 0) is 15.5 Å². The predicted octanol–water partition coefficient (Wildman–Crippen LogP) is 2.20. The minimum Gasteiger partial charge on any atom is -0.397 e. The number of nitrogen functional groups attached to an aromatic ring is 1. The summed E-state index contributed by atoms with van der Waals surface area (Å²) in [4.78, 5) is 13.0. The molecule has 0 saturated heterocycles. The molecule has 1 unspecified atom stereocenters. The van der Waals surface area contributed by atoms with Gasteiger partial charge in [-0.05, 0) is 30.3 Å². The fourth-order valence-electron chi connectivity index (χ4n) is 1.88. The van der Waals surface area contributed by atoms with Crippen LogP contribution in [0.3, 0.4) is 0 Å². The summed E-state index contributed by atoms with van der Waals surface area (Å²) in [5, 5.41) is 5.28. The van der Waals surface area contributed by atoms with Crippen molar-refractivity contribution in [2.45, 2.75) is 9.79 Å². The lowest BCUT2D eigenvalue weighted by atomic mass is 10.3. The zero-order chi connectivity index (χ0) is 16.7.